The van der Waals surface area contributed by atoms with Crippen molar-refractivity contribution in [1.82, 2.24) is 9.88 Å². The highest BCUT2D eigenvalue weighted by Crippen LogP contribution is 2.24. The maximum Gasteiger partial charge on any atom is 0.255 e. The van der Waals surface area contributed by atoms with Crippen molar-refractivity contribution in [2.45, 2.75) is 33.7 Å². The Morgan fingerprint density at radius 2 is 2.00 bits per heavy atom. The van der Waals surface area contributed by atoms with E-state index in [9.17, 15) is 4.79 Å². The first kappa shape index (κ1) is 14.2. The average molecular weight is 299 g/mol. The van der Waals surface area contributed by atoms with E-state index in [4.69, 9.17) is 0 Å². The van der Waals surface area contributed by atoms with E-state index in [1.54, 1.807) is 23.4 Å². The summed E-state index contributed by atoms with van der Waals surface area (Å²) in [6, 6.07) is 1.95. The van der Waals surface area contributed by atoms with E-state index in [0.717, 1.165) is 4.47 Å². The summed E-state index contributed by atoms with van der Waals surface area (Å²) in [5, 5.41) is 0. The normalized spacial score (nSPS) is 13.3. The standard InChI is InChI=1S/C13H19BrN2O/c1-9(13(2,3)4)16(5)12(17)10-6-11(14)8-15-7-10/h6-9H,1-5H3. The zero-order valence-electron chi connectivity index (χ0n) is 11.0. The molecule has 0 aromatic carbocycles. The van der Waals surface area contributed by atoms with Crippen LogP contribution in [-0.2, 0) is 0 Å². The van der Waals surface area contributed by atoms with Crippen molar-refractivity contribution < 1.29 is 4.79 Å². The molecule has 0 fully saturated rings. The lowest BCUT2D eigenvalue weighted by atomic mass is 9.87. The Labute approximate surface area is 111 Å². The van der Waals surface area contributed by atoms with Crippen molar-refractivity contribution in [3.05, 3.63) is 28.5 Å². The third kappa shape index (κ3) is 3.53. The van der Waals surface area contributed by atoms with Crippen molar-refractivity contribution in [2.24, 2.45) is 5.41 Å². The van der Waals surface area contributed by atoms with Crippen molar-refractivity contribution in [3.8, 4) is 0 Å². The van der Waals surface area contributed by atoms with Gasteiger partial charge in [-0.25, -0.2) is 0 Å². The summed E-state index contributed by atoms with van der Waals surface area (Å²) in [6.07, 6.45) is 3.27. The van der Waals surface area contributed by atoms with Gasteiger partial charge < -0.3 is 4.90 Å². The minimum Gasteiger partial charge on any atom is -0.338 e. The summed E-state index contributed by atoms with van der Waals surface area (Å²) < 4.78 is 0.820. The molecule has 1 atom stereocenters. The number of aromatic nitrogens is 1. The van der Waals surface area contributed by atoms with Crippen molar-refractivity contribution in [2.75, 3.05) is 7.05 Å². The van der Waals surface area contributed by atoms with Gasteiger partial charge in [0.25, 0.3) is 5.91 Å². The molecule has 4 heteroatoms. The van der Waals surface area contributed by atoms with Gasteiger partial charge in [-0.15, -0.1) is 0 Å². The molecule has 1 amide bonds. The summed E-state index contributed by atoms with van der Waals surface area (Å²) in [5.41, 5.74) is 0.669. The quantitative estimate of drug-likeness (QED) is 0.839. The number of carbonyl (C=O) groups excluding carboxylic acids is 1. The number of hydrogen-bond acceptors (Lipinski definition) is 2. The molecule has 1 unspecified atom stereocenters. The zero-order valence-corrected chi connectivity index (χ0v) is 12.6. The van der Waals surface area contributed by atoms with Crippen LogP contribution in [-0.4, -0.2) is 28.9 Å². The summed E-state index contributed by atoms with van der Waals surface area (Å²) in [6.45, 7) is 8.44. The predicted octanol–water partition coefficient (Wildman–Crippen LogP) is 3.35. The largest absolute Gasteiger partial charge is 0.338 e. The number of hydrogen-bond donors (Lipinski definition) is 0. The molecule has 1 rings (SSSR count). The summed E-state index contributed by atoms with van der Waals surface area (Å²) in [7, 11) is 1.83. The van der Waals surface area contributed by atoms with Gasteiger partial charge in [0.2, 0.25) is 0 Å². The minimum absolute atomic E-state index is 0.00113. The third-order valence-corrected chi connectivity index (χ3v) is 3.54. The van der Waals surface area contributed by atoms with Crippen LogP contribution in [0.4, 0.5) is 0 Å². The van der Waals surface area contributed by atoms with Crippen LogP contribution in [0.3, 0.4) is 0 Å². The maximum atomic E-state index is 12.3. The Bertz CT molecular complexity index is 412. The topological polar surface area (TPSA) is 33.2 Å². The molecule has 3 nitrogen and oxygen atoms in total. The third-order valence-electron chi connectivity index (χ3n) is 3.11. The van der Waals surface area contributed by atoms with Gasteiger partial charge in [-0.3, -0.25) is 9.78 Å². The highest BCUT2D eigenvalue weighted by Gasteiger charge is 2.27. The van der Waals surface area contributed by atoms with E-state index >= 15 is 0 Å². The number of rotatable bonds is 2. The average Bonchev–Trinajstić information content (AvgIpc) is 2.25. The molecule has 1 aromatic rings. The molecule has 0 spiro atoms. The summed E-state index contributed by atoms with van der Waals surface area (Å²) in [5.74, 6) is 0.00113. The van der Waals surface area contributed by atoms with Gasteiger partial charge in [0.05, 0.1) is 5.56 Å². The van der Waals surface area contributed by atoms with Crippen LogP contribution in [0.1, 0.15) is 38.1 Å². The molecule has 1 aromatic heterocycles. The molecule has 0 aliphatic carbocycles. The zero-order chi connectivity index (χ0) is 13.2. The highest BCUT2D eigenvalue weighted by molar-refractivity contribution is 9.10. The number of nitrogens with zero attached hydrogens (tertiary/aromatic N) is 2. The first-order valence-corrected chi connectivity index (χ1v) is 6.40. The second-order valence-corrected chi connectivity index (χ2v) is 6.27. The molecule has 0 saturated carbocycles. The van der Waals surface area contributed by atoms with Crippen LogP contribution in [0.25, 0.3) is 0 Å². The van der Waals surface area contributed by atoms with Crippen molar-refractivity contribution in [3.63, 3.8) is 0 Å². The molecule has 0 radical (unpaired) electrons. The lowest BCUT2D eigenvalue weighted by Crippen LogP contribution is -2.43. The van der Waals surface area contributed by atoms with E-state index in [2.05, 4.69) is 48.6 Å². The van der Waals surface area contributed by atoms with E-state index < -0.39 is 0 Å². The van der Waals surface area contributed by atoms with Gasteiger partial charge in [0, 0.05) is 30.0 Å². The van der Waals surface area contributed by atoms with Crippen LogP contribution in [0, 0.1) is 5.41 Å². The van der Waals surface area contributed by atoms with Gasteiger partial charge in [-0.2, -0.15) is 0 Å². The summed E-state index contributed by atoms with van der Waals surface area (Å²) in [4.78, 5) is 18.0. The van der Waals surface area contributed by atoms with Crippen molar-refractivity contribution >= 4 is 21.8 Å². The molecule has 0 saturated heterocycles. The fraction of sp³-hybridized carbons (Fsp3) is 0.538. The van der Waals surface area contributed by atoms with E-state index in [-0.39, 0.29) is 17.4 Å². The van der Waals surface area contributed by atoms with Gasteiger partial charge in [0.15, 0.2) is 0 Å². The SMILES string of the molecule is CC(N(C)C(=O)c1cncc(Br)c1)C(C)(C)C. The molecule has 0 aliphatic rings. The highest BCUT2D eigenvalue weighted by atomic mass is 79.9. The smallest absolute Gasteiger partial charge is 0.255 e. The Morgan fingerprint density at radius 1 is 1.41 bits per heavy atom. The van der Waals surface area contributed by atoms with Gasteiger partial charge in [0.1, 0.15) is 0 Å². The number of amides is 1. The number of carbonyl (C=O) groups is 1. The Balaban J connectivity index is 2.91. The van der Waals surface area contributed by atoms with E-state index in [1.165, 1.54) is 0 Å². The van der Waals surface area contributed by atoms with Crippen LogP contribution in [0.15, 0.2) is 22.9 Å². The Morgan fingerprint density at radius 3 is 2.47 bits per heavy atom. The minimum atomic E-state index is 0.00113. The maximum absolute atomic E-state index is 12.3. The number of halogens is 1. The van der Waals surface area contributed by atoms with E-state index in [1.807, 2.05) is 7.05 Å². The van der Waals surface area contributed by atoms with E-state index in [0.29, 0.717) is 5.56 Å². The molecule has 94 valence electrons. The molecular formula is C13H19BrN2O. The molecule has 1 heterocycles. The fourth-order valence-corrected chi connectivity index (χ4v) is 1.85. The predicted molar refractivity (Wildman–Crippen MR) is 72.9 cm³/mol. The molecule has 0 aliphatic heterocycles. The Hall–Kier alpha value is -0.900. The second-order valence-electron chi connectivity index (χ2n) is 5.35. The first-order chi connectivity index (χ1) is 7.73. The van der Waals surface area contributed by atoms with Crippen LogP contribution in [0.2, 0.25) is 0 Å². The van der Waals surface area contributed by atoms with Crippen LogP contribution < -0.4 is 0 Å². The fourth-order valence-electron chi connectivity index (χ4n) is 1.49. The number of pyridine rings is 1. The lowest BCUT2D eigenvalue weighted by molar-refractivity contribution is 0.0629. The molecule has 0 N–H and O–H groups in total. The van der Waals surface area contributed by atoms with Gasteiger partial charge >= 0.3 is 0 Å². The molecule has 0 bridgehead atoms. The van der Waals surface area contributed by atoms with Crippen LogP contribution >= 0.6 is 15.9 Å². The van der Waals surface area contributed by atoms with Gasteiger partial charge in [-0.05, 0) is 34.3 Å². The van der Waals surface area contributed by atoms with Crippen molar-refractivity contribution in [1.29, 1.82) is 0 Å². The summed E-state index contributed by atoms with van der Waals surface area (Å²) >= 11 is 3.32. The Kier molecular flexibility index (Phi) is 4.31. The second kappa shape index (κ2) is 5.17. The van der Waals surface area contributed by atoms with Crippen LogP contribution in [0.5, 0.6) is 0 Å². The van der Waals surface area contributed by atoms with Gasteiger partial charge in [-0.1, -0.05) is 20.8 Å². The molecule has 17 heavy (non-hydrogen) atoms. The molecular weight excluding hydrogens is 280 g/mol. The lowest BCUT2D eigenvalue weighted by Gasteiger charge is -2.35. The monoisotopic (exact) mass is 298 g/mol. The first-order valence-electron chi connectivity index (χ1n) is 5.61.